The summed E-state index contributed by atoms with van der Waals surface area (Å²) in [5.74, 6) is -0.472. The number of rotatable bonds is 5. The number of methoxy groups -OCH3 is 1. The van der Waals surface area contributed by atoms with Crippen molar-refractivity contribution in [3.05, 3.63) is 29.3 Å². The summed E-state index contributed by atoms with van der Waals surface area (Å²) in [6.45, 7) is 2.68. The molecule has 5 heteroatoms. The lowest BCUT2D eigenvalue weighted by molar-refractivity contribution is -0.116. The Balaban J connectivity index is 1.94. The van der Waals surface area contributed by atoms with Crippen LogP contribution in [0.25, 0.3) is 0 Å². The minimum Gasteiger partial charge on any atom is -0.465 e. The molecule has 0 aliphatic carbocycles. The fourth-order valence-corrected chi connectivity index (χ4v) is 2.38. The van der Waals surface area contributed by atoms with Gasteiger partial charge in [-0.15, -0.1) is 0 Å². The molecule has 1 aliphatic rings. The molecule has 0 unspecified atom stereocenters. The zero-order valence-electron chi connectivity index (χ0n) is 12.5. The maximum atomic E-state index is 12.0. The number of hydrogen-bond donors (Lipinski definition) is 1. The van der Waals surface area contributed by atoms with Gasteiger partial charge in [-0.05, 0) is 43.9 Å². The van der Waals surface area contributed by atoms with Gasteiger partial charge in [0.05, 0.1) is 18.8 Å². The first-order chi connectivity index (χ1) is 10.1. The van der Waals surface area contributed by atoms with E-state index in [0.29, 0.717) is 17.7 Å². The van der Waals surface area contributed by atoms with E-state index in [1.54, 1.807) is 18.2 Å². The van der Waals surface area contributed by atoms with Crippen LogP contribution in [0.3, 0.4) is 0 Å². The van der Waals surface area contributed by atoms with E-state index in [-0.39, 0.29) is 12.0 Å². The third-order valence-corrected chi connectivity index (χ3v) is 3.65. The maximum Gasteiger partial charge on any atom is 0.337 e. The number of aryl methyl sites for hydroxylation is 1. The summed E-state index contributed by atoms with van der Waals surface area (Å²) in [6.07, 6.45) is 3.48. The molecule has 1 aromatic carbocycles. The van der Waals surface area contributed by atoms with E-state index in [4.69, 9.17) is 4.74 Å². The van der Waals surface area contributed by atoms with Crippen LogP contribution in [0, 0.1) is 6.92 Å². The number of hydrogen-bond acceptors (Lipinski definition) is 4. The first kappa shape index (κ1) is 15.5. The minimum atomic E-state index is -0.412. The molecule has 0 aromatic heterocycles. The van der Waals surface area contributed by atoms with E-state index in [1.165, 1.54) is 7.11 Å². The van der Waals surface area contributed by atoms with Gasteiger partial charge in [0.15, 0.2) is 0 Å². The third kappa shape index (κ3) is 4.29. The smallest absolute Gasteiger partial charge is 0.337 e. The summed E-state index contributed by atoms with van der Waals surface area (Å²) in [5, 5.41) is 2.85. The normalized spacial score (nSPS) is 17.5. The molecule has 1 aromatic rings. The molecule has 5 nitrogen and oxygen atoms in total. The Bertz CT molecular complexity index is 521. The second-order valence-electron chi connectivity index (χ2n) is 5.24. The van der Waals surface area contributed by atoms with Crippen molar-refractivity contribution in [1.82, 2.24) is 0 Å². The van der Waals surface area contributed by atoms with E-state index in [9.17, 15) is 9.59 Å². The van der Waals surface area contributed by atoms with Gasteiger partial charge in [-0.25, -0.2) is 4.79 Å². The molecule has 1 amide bonds. The molecule has 114 valence electrons. The Kier molecular flexibility index (Phi) is 5.33. The molecular formula is C16H21NO4. The number of carbonyl (C=O) groups is 2. The van der Waals surface area contributed by atoms with Crippen molar-refractivity contribution in [1.29, 1.82) is 0 Å². The van der Waals surface area contributed by atoms with Crippen molar-refractivity contribution in [2.45, 2.75) is 38.7 Å². The average molecular weight is 291 g/mol. The first-order valence-electron chi connectivity index (χ1n) is 7.20. The van der Waals surface area contributed by atoms with Gasteiger partial charge in [-0.1, -0.05) is 6.07 Å². The molecule has 1 saturated heterocycles. The van der Waals surface area contributed by atoms with E-state index in [2.05, 4.69) is 10.1 Å². The fraction of sp³-hybridized carbons (Fsp3) is 0.500. The molecule has 1 N–H and O–H groups in total. The topological polar surface area (TPSA) is 64.6 Å². The number of anilines is 1. The van der Waals surface area contributed by atoms with Gasteiger partial charge >= 0.3 is 5.97 Å². The molecule has 0 radical (unpaired) electrons. The quantitative estimate of drug-likeness (QED) is 0.847. The fourth-order valence-electron chi connectivity index (χ4n) is 2.38. The van der Waals surface area contributed by atoms with Crippen molar-refractivity contribution >= 4 is 17.6 Å². The van der Waals surface area contributed by atoms with Crippen LogP contribution < -0.4 is 5.32 Å². The first-order valence-corrected chi connectivity index (χ1v) is 7.20. The molecule has 0 saturated carbocycles. The highest BCUT2D eigenvalue weighted by molar-refractivity contribution is 5.95. The summed E-state index contributed by atoms with van der Waals surface area (Å²) < 4.78 is 10.2. The van der Waals surface area contributed by atoms with Gasteiger partial charge < -0.3 is 14.8 Å². The van der Waals surface area contributed by atoms with Crippen LogP contribution in [0.5, 0.6) is 0 Å². The van der Waals surface area contributed by atoms with Gasteiger partial charge in [-0.3, -0.25) is 4.79 Å². The van der Waals surface area contributed by atoms with Crippen molar-refractivity contribution in [2.24, 2.45) is 0 Å². The number of amides is 1. The second kappa shape index (κ2) is 7.22. The summed E-state index contributed by atoms with van der Waals surface area (Å²) in [4.78, 5) is 23.5. The van der Waals surface area contributed by atoms with Crippen LogP contribution in [0.2, 0.25) is 0 Å². The zero-order valence-corrected chi connectivity index (χ0v) is 12.5. The second-order valence-corrected chi connectivity index (χ2v) is 5.24. The van der Waals surface area contributed by atoms with Crippen molar-refractivity contribution in [3.63, 3.8) is 0 Å². The molecule has 0 spiro atoms. The predicted octanol–water partition coefficient (Wildman–Crippen LogP) is 2.68. The zero-order chi connectivity index (χ0) is 15.2. The van der Waals surface area contributed by atoms with Crippen molar-refractivity contribution < 1.29 is 19.1 Å². The van der Waals surface area contributed by atoms with Gasteiger partial charge in [0, 0.05) is 18.7 Å². The molecule has 1 atom stereocenters. The molecule has 0 bridgehead atoms. The number of esters is 1. The van der Waals surface area contributed by atoms with Gasteiger partial charge in [0.25, 0.3) is 0 Å². The summed E-state index contributed by atoms with van der Waals surface area (Å²) in [5.41, 5.74) is 1.99. The SMILES string of the molecule is COC(=O)c1ccc(C)c(NC(=O)CC[C@H]2CCCO2)c1. The van der Waals surface area contributed by atoms with E-state index in [0.717, 1.165) is 31.4 Å². The standard InChI is InChI=1S/C16H21NO4/c1-11-5-6-12(16(19)20-2)10-14(11)17-15(18)8-7-13-4-3-9-21-13/h5-6,10,13H,3-4,7-9H2,1-2H3,(H,17,18)/t13-/m1/s1. The number of ether oxygens (including phenoxy) is 2. The van der Waals surface area contributed by atoms with Gasteiger partial charge in [0.2, 0.25) is 5.91 Å². The van der Waals surface area contributed by atoms with Crippen LogP contribution in [0.4, 0.5) is 5.69 Å². The third-order valence-electron chi connectivity index (χ3n) is 3.65. The van der Waals surface area contributed by atoms with Crippen molar-refractivity contribution in [2.75, 3.05) is 19.0 Å². The van der Waals surface area contributed by atoms with E-state index in [1.807, 2.05) is 6.92 Å². The van der Waals surface area contributed by atoms with Crippen LogP contribution in [0.15, 0.2) is 18.2 Å². The van der Waals surface area contributed by atoms with Crippen molar-refractivity contribution in [3.8, 4) is 0 Å². The lowest BCUT2D eigenvalue weighted by Gasteiger charge is -2.12. The summed E-state index contributed by atoms with van der Waals surface area (Å²) in [6, 6.07) is 5.12. The minimum absolute atomic E-state index is 0.0596. The number of carbonyl (C=O) groups excluding carboxylic acids is 2. The Morgan fingerprint density at radius 3 is 2.90 bits per heavy atom. The van der Waals surface area contributed by atoms with Gasteiger partial charge in [0.1, 0.15) is 0 Å². The average Bonchev–Trinajstić information content (AvgIpc) is 3.00. The Morgan fingerprint density at radius 1 is 1.43 bits per heavy atom. The molecule has 21 heavy (non-hydrogen) atoms. The highest BCUT2D eigenvalue weighted by Gasteiger charge is 2.17. The molecule has 2 rings (SSSR count). The highest BCUT2D eigenvalue weighted by Crippen LogP contribution is 2.20. The number of benzene rings is 1. The van der Waals surface area contributed by atoms with E-state index >= 15 is 0 Å². The van der Waals surface area contributed by atoms with Crippen LogP contribution in [-0.4, -0.2) is 31.7 Å². The molecule has 1 heterocycles. The Hall–Kier alpha value is -1.88. The lowest BCUT2D eigenvalue weighted by atomic mass is 10.1. The Labute approximate surface area is 124 Å². The van der Waals surface area contributed by atoms with E-state index < -0.39 is 5.97 Å². The Morgan fingerprint density at radius 2 is 2.24 bits per heavy atom. The lowest BCUT2D eigenvalue weighted by Crippen LogP contribution is -2.16. The van der Waals surface area contributed by atoms with Crippen LogP contribution in [0.1, 0.15) is 41.6 Å². The maximum absolute atomic E-state index is 12.0. The summed E-state index contributed by atoms with van der Waals surface area (Å²) >= 11 is 0. The summed E-state index contributed by atoms with van der Waals surface area (Å²) in [7, 11) is 1.34. The molecular weight excluding hydrogens is 270 g/mol. The van der Waals surface area contributed by atoms with Gasteiger partial charge in [-0.2, -0.15) is 0 Å². The largest absolute Gasteiger partial charge is 0.465 e. The monoisotopic (exact) mass is 291 g/mol. The number of nitrogens with one attached hydrogen (secondary N) is 1. The van der Waals surface area contributed by atoms with Crippen LogP contribution >= 0.6 is 0 Å². The predicted molar refractivity (Wildman–Crippen MR) is 79.4 cm³/mol. The molecule has 1 fully saturated rings. The highest BCUT2D eigenvalue weighted by atomic mass is 16.5. The molecule has 1 aliphatic heterocycles. The van der Waals surface area contributed by atoms with Crippen LogP contribution in [-0.2, 0) is 14.3 Å².